The highest BCUT2D eigenvalue weighted by Gasteiger charge is 2.24. The Morgan fingerprint density at radius 1 is 1.15 bits per heavy atom. The van der Waals surface area contributed by atoms with Gasteiger partial charge in [-0.2, -0.15) is 5.26 Å². The van der Waals surface area contributed by atoms with E-state index in [1.807, 2.05) is 18.2 Å². The van der Waals surface area contributed by atoms with Gasteiger partial charge in [-0.15, -0.1) is 0 Å². The van der Waals surface area contributed by atoms with Crippen molar-refractivity contribution in [3.63, 3.8) is 0 Å². The smallest absolute Gasteiger partial charge is 0.264 e. The van der Waals surface area contributed by atoms with Gasteiger partial charge in [-0.05, 0) is 35.9 Å². The van der Waals surface area contributed by atoms with E-state index in [0.29, 0.717) is 48.8 Å². The van der Waals surface area contributed by atoms with Crippen LogP contribution in [0.15, 0.2) is 59.9 Å². The first-order valence-corrected chi connectivity index (χ1v) is 13.4. The Morgan fingerprint density at radius 2 is 2.00 bits per heavy atom. The number of nitrogens with one attached hydrogen (secondary N) is 2. The number of nitriles is 1. The fraction of sp³-hybridized carbons (Fsp3) is 0.231. The van der Waals surface area contributed by atoms with Crippen molar-refractivity contribution < 1.29 is 21.9 Å². The first-order chi connectivity index (χ1) is 18.8. The van der Waals surface area contributed by atoms with Gasteiger partial charge in [-0.25, -0.2) is 32.2 Å². The number of fused-ring (bicyclic) bond motifs is 1. The summed E-state index contributed by atoms with van der Waals surface area (Å²) >= 11 is 0. The summed E-state index contributed by atoms with van der Waals surface area (Å²) in [5.41, 5.74) is 1.94. The second-order valence-electron chi connectivity index (χ2n) is 8.85. The van der Waals surface area contributed by atoms with Crippen LogP contribution in [0, 0.1) is 23.0 Å². The van der Waals surface area contributed by atoms with Crippen molar-refractivity contribution in [2.24, 2.45) is 0 Å². The van der Waals surface area contributed by atoms with Gasteiger partial charge in [0.1, 0.15) is 34.4 Å². The summed E-state index contributed by atoms with van der Waals surface area (Å²) in [5, 5.41) is 13.2. The van der Waals surface area contributed by atoms with Gasteiger partial charge in [0.05, 0.1) is 25.1 Å². The van der Waals surface area contributed by atoms with Crippen LogP contribution >= 0.6 is 0 Å². The highest BCUT2D eigenvalue weighted by atomic mass is 32.2. The van der Waals surface area contributed by atoms with E-state index in [1.165, 1.54) is 25.7 Å². The molecule has 0 spiro atoms. The topological polar surface area (TPSA) is 133 Å². The van der Waals surface area contributed by atoms with Crippen LogP contribution in [0.3, 0.4) is 0 Å². The summed E-state index contributed by atoms with van der Waals surface area (Å²) in [6.07, 6.45) is 3.39. The Bertz CT molecular complexity index is 1700. The van der Waals surface area contributed by atoms with E-state index in [2.05, 4.69) is 36.0 Å². The van der Waals surface area contributed by atoms with E-state index in [0.717, 1.165) is 23.3 Å². The third kappa shape index (κ3) is 5.43. The van der Waals surface area contributed by atoms with Gasteiger partial charge in [0.15, 0.2) is 0 Å². The van der Waals surface area contributed by atoms with E-state index >= 15 is 0 Å². The molecule has 0 amide bonds. The van der Waals surface area contributed by atoms with Crippen molar-refractivity contribution in [3.05, 3.63) is 66.6 Å². The maximum Gasteiger partial charge on any atom is 0.264 e. The SMILES string of the molecule is COc1ncc(-c2ccc3ncnc(N4CCNC(CC#N)C4)c3c2)cc1NS(=O)(=O)c1ccc(F)cc1F. The average Bonchev–Trinajstić information content (AvgIpc) is 2.92. The van der Waals surface area contributed by atoms with Gasteiger partial charge in [0.2, 0.25) is 5.88 Å². The molecule has 0 bridgehead atoms. The standard InChI is InChI=1S/C26H23F2N7O3S/c1-38-26-23(34-39(36,37)24-5-3-18(27)12-21(24)28)11-17(13-31-26)16-2-4-22-20(10-16)25(33-15-32-22)35-9-8-30-19(14-35)6-7-29/h2-5,10-13,15,19,30,34H,6,8-9,14H2,1H3. The number of pyridine rings is 1. The summed E-state index contributed by atoms with van der Waals surface area (Å²) < 4.78 is 60.9. The summed E-state index contributed by atoms with van der Waals surface area (Å²) in [6.45, 7) is 2.02. The van der Waals surface area contributed by atoms with Crippen LogP contribution in [0.2, 0.25) is 0 Å². The zero-order chi connectivity index (χ0) is 27.6. The molecule has 1 aliphatic heterocycles. The normalized spacial score (nSPS) is 15.6. The number of nitrogens with zero attached hydrogens (tertiary/aromatic N) is 5. The zero-order valence-corrected chi connectivity index (χ0v) is 21.5. The van der Waals surface area contributed by atoms with Crippen molar-refractivity contribution in [2.45, 2.75) is 17.4 Å². The molecule has 2 aromatic heterocycles. The quantitative estimate of drug-likeness (QED) is 0.354. The lowest BCUT2D eigenvalue weighted by Gasteiger charge is -2.34. The van der Waals surface area contributed by atoms with Crippen LogP contribution < -0.4 is 19.7 Å². The Balaban J connectivity index is 1.52. The van der Waals surface area contributed by atoms with Gasteiger partial charge in [-0.1, -0.05) is 6.07 Å². The molecular weight excluding hydrogens is 528 g/mol. The van der Waals surface area contributed by atoms with Crippen molar-refractivity contribution in [1.29, 1.82) is 5.26 Å². The molecule has 0 saturated carbocycles. The number of benzene rings is 2. The van der Waals surface area contributed by atoms with E-state index in [-0.39, 0.29) is 17.6 Å². The minimum atomic E-state index is -4.43. The number of hydrogen-bond donors (Lipinski definition) is 2. The fourth-order valence-electron chi connectivity index (χ4n) is 4.48. The largest absolute Gasteiger partial charge is 0.480 e. The minimum Gasteiger partial charge on any atom is -0.480 e. The highest BCUT2D eigenvalue weighted by Crippen LogP contribution is 2.33. The number of rotatable bonds is 7. The lowest BCUT2D eigenvalue weighted by molar-refractivity contribution is 0.400. The molecular formula is C26H23F2N7O3S. The van der Waals surface area contributed by atoms with Crippen LogP contribution in [0.1, 0.15) is 6.42 Å². The number of halogens is 2. The van der Waals surface area contributed by atoms with Crippen molar-refractivity contribution in [3.8, 4) is 23.1 Å². The van der Waals surface area contributed by atoms with Crippen molar-refractivity contribution in [2.75, 3.05) is 36.4 Å². The lowest BCUT2D eigenvalue weighted by atomic mass is 10.0. The summed E-state index contributed by atoms with van der Waals surface area (Å²) in [7, 11) is -3.10. The van der Waals surface area contributed by atoms with Crippen LogP contribution in [-0.2, 0) is 10.0 Å². The molecule has 4 aromatic rings. The first-order valence-electron chi connectivity index (χ1n) is 11.9. The molecule has 1 saturated heterocycles. The Labute approximate surface area is 223 Å². The van der Waals surface area contributed by atoms with E-state index in [1.54, 1.807) is 0 Å². The van der Waals surface area contributed by atoms with E-state index < -0.39 is 26.6 Å². The zero-order valence-electron chi connectivity index (χ0n) is 20.7. The predicted octanol–water partition coefficient (Wildman–Crippen LogP) is 3.47. The molecule has 2 aromatic carbocycles. The van der Waals surface area contributed by atoms with Crippen LogP contribution in [0.5, 0.6) is 5.88 Å². The predicted molar refractivity (Wildman–Crippen MR) is 141 cm³/mol. The van der Waals surface area contributed by atoms with E-state index in [9.17, 15) is 17.2 Å². The highest BCUT2D eigenvalue weighted by molar-refractivity contribution is 7.92. The summed E-state index contributed by atoms with van der Waals surface area (Å²) in [5.74, 6) is -1.43. The molecule has 13 heteroatoms. The monoisotopic (exact) mass is 551 g/mol. The lowest BCUT2D eigenvalue weighted by Crippen LogP contribution is -2.50. The second kappa shape index (κ2) is 10.8. The number of ether oxygens (including phenoxy) is 1. The van der Waals surface area contributed by atoms with Crippen LogP contribution in [0.25, 0.3) is 22.0 Å². The third-order valence-electron chi connectivity index (χ3n) is 6.31. The molecule has 0 radical (unpaired) electrons. The maximum atomic E-state index is 14.2. The van der Waals surface area contributed by atoms with Crippen LogP contribution in [0.4, 0.5) is 20.3 Å². The number of aromatic nitrogens is 3. The van der Waals surface area contributed by atoms with Crippen LogP contribution in [-0.4, -0.2) is 56.2 Å². The Morgan fingerprint density at radius 3 is 2.77 bits per heavy atom. The molecule has 2 N–H and O–H groups in total. The third-order valence-corrected chi connectivity index (χ3v) is 7.71. The fourth-order valence-corrected chi connectivity index (χ4v) is 5.59. The average molecular weight is 552 g/mol. The molecule has 0 aliphatic carbocycles. The molecule has 5 rings (SSSR count). The van der Waals surface area contributed by atoms with Crippen molar-refractivity contribution >= 4 is 32.4 Å². The molecule has 1 fully saturated rings. The number of sulfonamides is 1. The van der Waals surface area contributed by atoms with Gasteiger partial charge in [0.25, 0.3) is 10.0 Å². The van der Waals surface area contributed by atoms with Gasteiger partial charge in [-0.3, -0.25) is 4.72 Å². The number of piperazine rings is 1. The molecule has 39 heavy (non-hydrogen) atoms. The number of anilines is 2. The first kappa shape index (κ1) is 26.2. The summed E-state index contributed by atoms with van der Waals surface area (Å²) in [4.78, 5) is 14.5. The minimum absolute atomic E-state index is 0.0178. The number of methoxy groups -OCH3 is 1. The Hall–Kier alpha value is -4.41. The Kier molecular flexibility index (Phi) is 7.23. The molecule has 1 aliphatic rings. The number of hydrogen-bond acceptors (Lipinski definition) is 9. The van der Waals surface area contributed by atoms with Crippen molar-refractivity contribution in [1.82, 2.24) is 20.3 Å². The summed E-state index contributed by atoms with van der Waals surface area (Å²) in [6, 6.07) is 11.5. The van der Waals surface area contributed by atoms with Gasteiger partial charge >= 0.3 is 0 Å². The van der Waals surface area contributed by atoms with Gasteiger partial charge < -0.3 is 15.0 Å². The molecule has 3 heterocycles. The molecule has 1 unspecified atom stereocenters. The second-order valence-corrected chi connectivity index (χ2v) is 10.5. The maximum absolute atomic E-state index is 14.2. The van der Waals surface area contributed by atoms with E-state index in [4.69, 9.17) is 10.00 Å². The molecule has 10 nitrogen and oxygen atoms in total. The van der Waals surface area contributed by atoms with Gasteiger partial charge in [0, 0.05) is 48.9 Å². The molecule has 1 atom stereocenters. The molecule has 200 valence electrons.